The van der Waals surface area contributed by atoms with E-state index in [-0.39, 0.29) is 21.2 Å². The van der Waals surface area contributed by atoms with Crippen molar-refractivity contribution < 1.29 is 14.6 Å². The smallest absolute Gasteiger partial charge is 0.283 e. The van der Waals surface area contributed by atoms with Gasteiger partial charge >= 0.3 is 0 Å². The van der Waals surface area contributed by atoms with Gasteiger partial charge in [0.15, 0.2) is 0 Å². The van der Waals surface area contributed by atoms with Gasteiger partial charge in [-0.1, -0.05) is 42.1 Å². The number of hydrogen-bond acceptors (Lipinski definition) is 7. The van der Waals surface area contributed by atoms with Gasteiger partial charge in [0.05, 0.1) is 19.6 Å². The van der Waals surface area contributed by atoms with E-state index in [2.05, 4.69) is 0 Å². The van der Waals surface area contributed by atoms with Crippen molar-refractivity contribution in [3.05, 3.63) is 92.5 Å². The second-order valence-corrected chi connectivity index (χ2v) is 6.83. The fourth-order valence-electron chi connectivity index (χ4n) is 2.44. The Morgan fingerprint density at radius 3 is 2.11 bits per heavy atom. The molecule has 28 heavy (non-hydrogen) atoms. The Morgan fingerprint density at radius 1 is 0.857 bits per heavy atom. The number of rotatable bonds is 7. The molecular weight excluding hydrogens is 382 g/mol. The summed E-state index contributed by atoms with van der Waals surface area (Å²) in [5, 5.41) is 22.6. The number of hydrogen-bond donors (Lipinski definition) is 1. The van der Waals surface area contributed by atoms with Gasteiger partial charge in [-0.15, -0.1) is 0 Å². The van der Waals surface area contributed by atoms with Crippen LogP contribution in [0.4, 0.5) is 17.1 Å². The van der Waals surface area contributed by atoms with Crippen molar-refractivity contribution in [2.24, 2.45) is 0 Å². The zero-order valence-electron chi connectivity index (χ0n) is 14.5. The maximum absolute atomic E-state index is 11.4. The summed E-state index contributed by atoms with van der Waals surface area (Å²) >= 11 is 0.904. The summed E-state index contributed by atoms with van der Waals surface area (Å²) < 4.78 is 5.71. The maximum Gasteiger partial charge on any atom is 0.283 e. The fraction of sp³-hybridized carbons (Fsp3) is 0.0526. The first-order valence-electron chi connectivity index (χ1n) is 8.11. The average Bonchev–Trinajstić information content (AvgIpc) is 2.67. The molecule has 3 aromatic carbocycles. The van der Waals surface area contributed by atoms with E-state index in [1.807, 2.05) is 30.3 Å². The molecule has 2 N–H and O–H groups in total. The molecule has 0 heterocycles. The van der Waals surface area contributed by atoms with Crippen LogP contribution < -0.4 is 10.5 Å². The van der Waals surface area contributed by atoms with Gasteiger partial charge in [-0.2, -0.15) is 0 Å². The Balaban J connectivity index is 1.91. The summed E-state index contributed by atoms with van der Waals surface area (Å²) in [6, 6.07) is 17.9. The number of nitrogen functional groups attached to an aromatic ring is 1. The maximum atomic E-state index is 11.4. The van der Waals surface area contributed by atoms with Gasteiger partial charge in [0.25, 0.3) is 11.4 Å². The molecule has 3 aromatic rings. The van der Waals surface area contributed by atoms with Crippen molar-refractivity contribution in [2.45, 2.75) is 16.4 Å². The van der Waals surface area contributed by atoms with E-state index in [1.54, 1.807) is 0 Å². The minimum absolute atomic E-state index is 0.172. The SMILES string of the molecule is Nc1ccc([N+](=O)[O-])c(Sc2cc(OCc3ccccc3)ccc2[N+](=O)[O-])c1. The van der Waals surface area contributed by atoms with Crippen LogP contribution in [0.3, 0.4) is 0 Å². The topological polar surface area (TPSA) is 122 Å². The number of nitro groups is 2. The summed E-state index contributed by atoms with van der Waals surface area (Å²) in [6.45, 7) is 0.293. The number of nitro benzene ring substituents is 2. The largest absolute Gasteiger partial charge is 0.489 e. The summed E-state index contributed by atoms with van der Waals surface area (Å²) in [5.41, 5.74) is 6.65. The van der Waals surface area contributed by atoms with Gasteiger partial charge in [0.2, 0.25) is 0 Å². The van der Waals surface area contributed by atoms with Crippen LogP contribution in [0.2, 0.25) is 0 Å². The number of anilines is 1. The second kappa shape index (κ2) is 8.40. The van der Waals surface area contributed by atoms with Crippen LogP contribution in [0.5, 0.6) is 5.75 Å². The third kappa shape index (κ3) is 4.57. The second-order valence-electron chi connectivity index (χ2n) is 5.75. The molecule has 0 unspecified atom stereocenters. The number of nitrogens with two attached hydrogens (primary N) is 1. The zero-order valence-corrected chi connectivity index (χ0v) is 15.3. The molecule has 0 atom stereocenters. The predicted molar refractivity (Wildman–Crippen MR) is 106 cm³/mol. The number of benzene rings is 3. The van der Waals surface area contributed by atoms with Crippen molar-refractivity contribution in [1.29, 1.82) is 0 Å². The molecule has 0 radical (unpaired) electrons. The summed E-state index contributed by atoms with van der Waals surface area (Å²) in [5.74, 6) is 0.420. The first kappa shape index (κ1) is 19.2. The molecule has 0 aliphatic heterocycles. The summed E-state index contributed by atoms with van der Waals surface area (Å²) in [6.07, 6.45) is 0. The molecule has 0 aromatic heterocycles. The summed E-state index contributed by atoms with van der Waals surface area (Å²) in [7, 11) is 0. The molecule has 0 bridgehead atoms. The molecule has 0 amide bonds. The lowest BCUT2D eigenvalue weighted by atomic mass is 10.2. The van der Waals surface area contributed by atoms with Gasteiger partial charge < -0.3 is 10.5 Å². The fourth-order valence-corrected chi connectivity index (χ4v) is 3.54. The van der Waals surface area contributed by atoms with E-state index in [9.17, 15) is 20.2 Å². The van der Waals surface area contributed by atoms with Crippen LogP contribution in [0, 0.1) is 20.2 Å². The number of nitrogens with zero attached hydrogens (tertiary/aromatic N) is 2. The lowest BCUT2D eigenvalue weighted by Crippen LogP contribution is -1.97. The van der Waals surface area contributed by atoms with Gasteiger partial charge in [-0.05, 0) is 23.8 Å². The van der Waals surface area contributed by atoms with Crippen LogP contribution in [0.25, 0.3) is 0 Å². The normalized spacial score (nSPS) is 10.4. The first-order valence-corrected chi connectivity index (χ1v) is 8.92. The van der Waals surface area contributed by atoms with Gasteiger partial charge in [0, 0.05) is 23.9 Å². The lowest BCUT2D eigenvalue weighted by Gasteiger charge is -2.09. The lowest BCUT2D eigenvalue weighted by molar-refractivity contribution is -0.388. The Bertz CT molecular complexity index is 1030. The quantitative estimate of drug-likeness (QED) is 0.345. The zero-order chi connectivity index (χ0) is 20.1. The van der Waals surface area contributed by atoms with E-state index in [1.165, 1.54) is 36.4 Å². The Labute approximate surface area is 164 Å². The predicted octanol–water partition coefficient (Wildman–Crippen LogP) is 4.82. The standard InChI is InChI=1S/C19H15N3O5S/c20-14-6-8-16(21(23)24)18(10-14)28-19-11-15(7-9-17(19)22(25)26)27-12-13-4-2-1-3-5-13/h1-11H,12,20H2. The van der Waals surface area contributed by atoms with Crippen molar-refractivity contribution in [3.8, 4) is 5.75 Å². The van der Waals surface area contributed by atoms with Crippen molar-refractivity contribution in [2.75, 3.05) is 5.73 Å². The molecule has 0 spiro atoms. The van der Waals surface area contributed by atoms with Crippen LogP contribution in [-0.4, -0.2) is 9.85 Å². The van der Waals surface area contributed by atoms with E-state index in [0.717, 1.165) is 17.3 Å². The van der Waals surface area contributed by atoms with Gasteiger partial charge in [-0.25, -0.2) is 0 Å². The molecule has 3 rings (SSSR count). The van der Waals surface area contributed by atoms with Crippen LogP contribution in [-0.2, 0) is 6.61 Å². The molecule has 142 valence electrons. The van der Waals surface area contributed by atoms with Crippen LogP contribution in [0.1, 0.15) is 5.56 Å². The Kier molecular flexibility index (Phi) is 5.75. The molecule has 0 saturated carbocycles. The highest BCUT2D eigenvalue weighted by atomic mass is 32.2. The highest BCUT2D eigenvalue weighted by Crippen LogP contribution is 2.41. The molecule has 0 aliphatic rings. The van der Waals surface area contributed by atoms with Crippen LogP contribution in [0.15, 0.2) is 76.5 Å². The molecular formula is C19H15N3O5S. The Morgan fingerprint density at radius 2 is 1.46 bits per heavy atom. The summed E-state index contributed by atoms with van der Waals surface area (Å²) in [4.78, 5) is 22.0. The van der Waals surface area contributed by atoms with Gasteiger partial charge in [0.1, 0.15) is 12.4 Å². The highest BCUT2D eigenvalue weighted by Gasteiger charge is 2.21. The molecule has 0 fully saturated rings. The third-order valence-corrected chi connectivity index (χ3v) is 4.87. The number of ether oxygens (including phenoxy) is 1. The van der Waals surface area contributed by atoms with E-state index in [0.29, 0.717) is 18.0 Å². The average molecular weight is 397 g/mol. The van der Waals surface area contributed by atoms with Crippen molar-refractivity contribution in [3.63, 3.8) is 0 Å². The van der Waals surface area contributed by atoms with Crippen molar-refractivity contribution >= 4 is 28.8 Å². The molecule has 0 aliphatic carbocycles. The minimum Gasteiger partial charge on any atom is -0.489 e. The van der Waals surface area contributed by atoms with E-state index in [4.69, 9.17) is 10.5 Å². The monoisotopic (exact) mass is 397 g/mol. The molecule has 0 saturated heterocycles. The van der Waals surface area contributed by atoms with Crippen LogP contribution >= 0.6 is 11.8 Å². The van der Waals surface area contributed by atoms with Crippen molar-refractivity contribution in [1.82, 2.24) is 0 Å². The molecule has 9 heteroatoms. The third-order valence-electron chi connectivity index (χ3n) is 3.78. The highest BCUT2D eigenvalue weighted by molar-refractivity contribution is 7.99. The van der Waals surface area contributed by atoms with Gasteiger partial charge in [-0.3, -0.25) is 20.2 Å². The first-order chi connectivity index (χ1) is 13.4. The minimum atomic E-state index is -0.552. The molecule has 8 nitrogen and oxygen atoms in total. The van der Waals surface area contributed by atoms with E-state index < -0.39 is 9.85 Å². The van der Waals surface area contributed by atoms with E-state index >= 15 is 0 Å². The Hall–Kier alpha value is -3.59.